The number of pyridine rings is 1. The third-order valence-corrected chi connectivity index (χ3v) is 6.20. The highest BCUT2D eigenvalue weighted by Crippen LogP contribution is 2.25. The second kappa shape index (κ2) is 11.9. The largest absolute Gasteiger partial charge is 0.453 e. The summed E-state index contributed by atoms with van der Waals surface area (Å²) in [6, 6.07) is 26.7. The standard InChI is InChI=1S/C31H20Cl2FN3O2/c32-23-7-5-22(6-8-23)31(38)30(17-20-1-10-25(34)11-2-20)39-26-12-3-21(4-13-26)19-36-37-28-15-16-35-29-18-24(33)9-14-27(28)29/h1-19H,(H,35,37)/b30-17-,36-19+. The average molecular weight is 556 g/mol. The Labute approximate surface area is 234 Å². The number of fused-ring (bicyclic) bond motifs is 1. The highest BCUT2D eigenvalue weighted by atomic mass is 35.5. The van der Waals surface area contributed by atoms with Crippen LogP contribution in [0.5, 0.6) is 5.75 Å². The predicted octanol–water partition coefficient (Wildman–Crippen LogP) is 8.43. The molecule has 0 atom stereocenters. The number of ether oxygens (including phenoxy) is 1. The molecule has 0 unspecified atom stereocenters. The lowest BCUT2D eigenvalue weighted by Crippen LogP contribution is -2.09. The van der Waals surface area contributed by atoms with E-state index in [2.05, 4.69) is 15.5 Å². The maximum absolute atomic E-state index is 13.4. The number of benzene rings is 4. The van der Waals surface area contributed by atoms with Gasteiger partial charge in [0, 0.05) is 27.2 Å². The first-order valence-corrected chi connectivity index (χ1v) is 12.6. The molecule has 1 heterocycles. The molecule has 0 saturated carbocycles. The molecule has 0 radical (unpaired) electrons. The number of aromatic nitrogens is 1. The van der Waals surface area contributed by atoms with Crippen LogP contribution in [0.15, 0.2) is 114 Å². The Balaban J connectivity index is 1.33. The summed E-state index contributed by atoms with van der Waals surface area (Å²) in [5, 5.41) is 6.36. The molecule has 8 heteroatoms. The van der Waals surface area contributed by atoms with Crippen molar-refractivity contribution in [2.75, 3.05) is 5.43 Å². The van der Waals surface area contributed by atoms with E-state index >= 15 is 0 Å². The molecule has 0 aliphatic carbocycles. The van der Waals surface area contributed by atoms with E-state index in [0.717, 1.165) is 22.2 Å². The van der Waals surface area contributed by atoms with Crippen LogP contribution in [0.4, 0.5) is 10.1 Å². The number of carbonyl (C=O) groups excluding carboxylic acids is 1. The Bertz CT molecular complexity index is 1690. The average Bonchev–Trinajstić information content (AvgIpc) is 2.94. The number of hydrogen-bond donors (Lipinski definition) is 1. The van der Waals surface area contributed by atoms with Gasteiger partial charge in [-0.1, -0.05) is 35.3 Å². The molecular weight excluding hydrogens is 536 g/mol. The normalized spacial score (nSPS) is 11.6. The van der Waals surface area contributed by atoms with Crippen LogP contribution in [0.25, 0.3) is 17.0 Å². The number of Topliss-reactive ketones (excluding diaryl/α,β-unsaturated/α-hetero) is 1. The van der Waals surface area contributed by atoms with Gasteiger partial charge in [-0.25, -0.2) is 4.39 Å². The maximum Gasteiger partial charge on any atom is 0.228 e. The van der Waals surface area contributed by atoms with Gasteiger partial charge in [0.1, 0.15) is 11.6 Å². The molecule has 192 valence electrons. The lowest BCUT2D eigenvalue weighted by Gasteiger charge is -2.10. The van der Waals surface area contributed by atoms with Crippen LogP contribution in [0.3, 0.4) is 0 Å². The van der Waals surface area contributed by atoms with Crippen molar-refractivity contribution in [3.63, 3.8) is 0 Å². The molecule has 0 amide bonds. The van der Waals surface area contributed by atoms with Crippen molar-refractivity contribution >= 4 is 57.9 Å². The minimum absolute atomic E-state index is 0.0803. The third kappa shape index (κ3) is 6.68. The number of nitrogens with one attached hydrogen (secondary N) is 1. The molecule has 5 rings (SSSR count). The van der Waals surface area contributed by atoms with Crippen LogP contribution in [-0.2, 0) is 0 Å². The summed E-state index contributed by atoms with van der Waals surface area (Å²) in [5.74, 6) is -0.173. The van der Waals surface area contributed by atoms with Crippen molar-refractivity contribution < 1.29 is 13.9 Å². The van der Waals surface area contributed by atoms with E-state index in [4.69, 9.17) is 27.9 Å². The van der Waals surface area contributed by atoms with Crippen molar-refractivity contribution in [2.45, 2.75) is 0 Å². The fraction of sp³-hybridized carbons (Fsp3) is 0. The summed E-state index contributed by atoms with van der Waals surface area (Å²) < 4.78 is 19.4. The molecule has 4 aromatic carbocycles. The minimum atomic E-state index is -0.369. The van der Waals surface area contributed by atoms with Crippen molar-refractivity contribution in [1.29, 1.82) is 0 Å². The summed E-state index contributed by atoms with van der Waals surface area (Å²) in [6.07, 6.45) is 4.92. The molecular formula is C31H20Cl2FN3O2. The lowest BCUT2D eigenvalue weighted by molar-refractivity contribution is 0.0988. The van der Waals surface area contributed by atoms with Gasteiger partial charge in [0.15, 0.2) is 5.76 Å². The van der Waals surface area contributed by atoms with E-state index in [1.807, 2.05) is 24.3 Å². The van der Waals surface area contributed by atoms with Gasteiger partial charge in [0.25, 0.3) is 0 Å². The van der Waals surface area contributed by atoms with Crippen molar-refractivity contribution in [3.8, 4) is 5.75 Å². The maximum atomic E-state index is 13.4. The van der Waals surface area contributed by atoms with E-state index in [-0.39, 0.29) is 17.4 Å². The van der Waals surface area contributed by atoms with Crippen molar-refractivity contribution in [1.82, 2.24) is 4.98 Å². The number of allylic oxidation sites excluding steroid dienone is 1. The second-order valence-electron chi connectivity index (χ2n) is 8.46. The van der Waals surface area contributed by atoms with E-state index in [1.165, 1.54) is 12.1 Å². The number of hydrazone groups is 1. The van der Waals surface area contributed by atoms with Crippen LogP contribution in [0, 0.1) is 5.82 Å². The summed E-state index contributed by atoms with van der Waals surface area (Å²) in [5.41, 5.74) is 6.44. The molecule has 0 fully saturated rings. The molecule has 5 aromatic rings. The van der Waals surface area contributed by atoms with Gasteiger partial charge in [-0.15, -0.1) is 0 Å². The fourth-order valence-corrected chi connectivity index (χ4v) is 4.03. The van der Waals surface area contributed by atoms with Gasteiger partial charge >= 0.3 is 0 Å². The highest BCUT2D eigenvalue weighted by molar-refractivity contribution is 6.31. The number of nitrogens with zero attached hydrogens (tertiary/aromatic N) is 2. The second-order valence-corrected chi connectivity index (χ2v) is 9.33. The smallest absolute Gasteiger partial charge is 0.228 e. The Morgan fingerprint density at radius 2 is 1.54 bits per heavy atom. The van der Waals surface area contributed by atoms with Gasteiger partial charge in [-0.05, 0) is 102 Å². The van der Waals surface area contributed by atoms with Crippen LogP contribution >= 0.6 is 23.2 Å². The molecule has 0 aliphatic rings. The van der Waals surface area contributed by atoms with Crippen molar-refractivity contribution in [2.24, 2.45) is 5.10 Å². The zero-order valence-corrected chi connectivity index (χ0v) is 21.8. The highest BCUT2D eigenvalue weighted by Gasteiger charge is 2.15. The minimum Gasteiger partial charge on any atom is -0.453 e. The number of carbonyl (C=O) groups is 1. The lowest BCUT2D eigenvalue weighted by atomic mass is 10.1. The molecule has 1 aromatic heterocycles. The zero-order chi connectivity index (χ0) is 27.2. The van der Waals surface area contributed by atoms with E-state index < -0.39 is 0 Å². The molecule has 0 bridgehead atoms. The predicted molar refractivity (Wildman–Crippen MR) is 155 cm³/mol. The number of ketones is 1. The van der Waals surface area contributed by atoms with Gasteiger partial charge in [0.05, 0.1) is 17.4 Å². The number of rotatable bonds is 8. The molecule has 1 N–H and O–H groups in total. The Morgan fingerprint density at radius 3 is 2.28 bits per heavy atom. The van der Waals surface area contributed by atoms with Crippen LogP contribution in [0.1, 0.15) is 21.5 Å². The quantitative estimate of drug-likeness (QED) is 0.0685. The molecule has 0 saturated heterocycles. The summed E-state index contributed by atoms with van der Waals surface area (Å²) in [6.45, 7) is 0. The topological polar surface area (TPSA) is 63.6 Å². The Kier molecular flexibility index (Phi) is 7.96. The summed E-state index contributed by atoms with van der Waals surface area (Å²) in [7, 11) is 0. The first-order chi connectivity index (χ1) is 18.9. The van der Waals surface area contributed by atoms with Gasteiger partial charge < -0.3 is 4.74 Å². The van der Waals surface area contributed by atoms with E-state index in [0.29, 0.717) is 26.9 Å². The van der Waals surface area contributed by atoms with E-state index in [9.17, 15) is 9.18 Å². The first kappa shape index (κ1) is 26.1. The van der Waals surface area contributed by atoms with Crippen LogP contribution in [0.2, 0.25) is 10.0 Å². The fourth-order valence-electron chi connectivity index (χ4n) is 3.74. The molecule has 39 heavy (non-hydrogen) atoms. The van der Waals surface area contributed by atoms with Crippen LogP contribution < -0.4 is 10.2 Å². The van der Waals surface area contributed by atoms with Crippen LogP contribution in [-0.4, -0.2) is 17.0 Å². The first-order valence-electron chi connectivity index (χ1n) is 11.8. The van der Waals surface area contributed by atoms with Gasteiger partial charge in [0.2, 0.25) is 5.78 Å². The number of anilines is 1. The van der Waals surface area contributed by atoms with Gasteiger partial charge in [-0.3, -0.25) is 15.2 Å². The zero-order valence-electron chi connectivity index (χ0n) is 20.3. The number of halogens is 3. The molecule has 0 spiro atoms. The number of hydrogen-bond acceptors (Lipinski definition) is 5. The third-order valence-electron chi connectivity index (χ3n) is 5.71. The Morgan fingerprint density at radius 1 is 0.846 bits per heavy atom. The molecule has 0 aliphatic heterocycles. The SMILES string of the molecule is O=C(/C(=C/c1ccc(F)cc1)Oc1ccc(/C=N/Nc2ccnc3cc(Cl)ccc23)cc1)c1ccc(Cl)cc1. The van der Waals surface area contributed by atoms with Gasteiger partial charge in [-0.2, -0.15) is 5.10 Å². The summed E-state index contributed by atoms with van der Waals surface area (Å²) >= 11 is 12.0. The van der Waals surface area contributed by atoms with Crippen molar-refractivity contribution in [3.05, 3.63) is 142 Å². The van der Waals surface area contributed by atoms with E-state index in [1.54, 1.807) is 79.2 Å². The monoisotopic (exact) mass is 555 g/mol. The molecule has 5 nitrogen and oxygen atoms in total. The Hall–Kier alpha value is -4.52. The summed E-state index contributed by atoms with van der Waals surface area (Å²) in [4.78, 5) is 17.6.